The van der Waals surface area contributed by atoms with Gasteiger partial charge in [-0.15, -0.1) is 24.8 Å². The largest absolute Gasteiger partial charge is 0.497 e. The Labute approximate surface area is 188 Å². The van der Waals surface area contributed by atoms with E-state index >= 15 is 0 Å². The lowest BCUT2D eigenvalue weighted by molar-refractivity contribution is 0.0973. The summed E-state index contributed by atoms with van der Waals surface area (Å²) in [5.41, 5.74) is 7.44. The van der Waals surface area contributed by atoms with Crippen LogP contribution in [-0.4, -0.2) is 46.0 Å². The van der Waals surface area contributed by atoms with Crippen molar-refractivity contribution in [2.24, 2.45) is 5.73 Å². The summed E-state index contributed by atoms with van der Waals surface area (Å²) in [4.78, 5) is 26.5. The molecule has 7 nitrogen and oxygen atoms in total. The fourth-order valence-corrected chi connectivity index (χ4v) is 3.36. The number of hydrogen-bond donors (Lipinski definition) is 2. The van der Waals surface area contributed by atoms with E-state index in [1.165, 1.54) is 21.3 Å². The molecule has 0 bridgehead atoms. The van der Waals surface area contributed by atoms with Crippen LogP contribution in [0.3, 0.4) is 0 Å². The highest BCUT2D eigenvalue weighted by atomic mass is 35.5. The molecule has 0 saturated carbocycles. The fourth-order valence-electron chi connectivity index (χ4n) is 3.36. The smallest absolute Gasteiger partial charge is 0.201 e. The molecular formula is C21H26Cl2N2O5. The van der Waals surface area contributed by atoms with Crippen LogP contribution in [0.25, 0.3) is 0 Å². The number of nitrogens with one attached hydrogen (secondary N) is 1. The number of carbonyl (C=O) groups is 2. The molecule has 2 aromatic rings. The quantitative estimate of drug-likeness (QED) is 0.502. The predicted molar refractivity (Wildman–Crippen MR) is 119 cm³/mol. The van der Waals surface area contributed by atoms with Crippen LogP contribution >= 0.6 is 24.8 Å². The van der Waals surface area contributed by atoms with E-state index in [0.29, 0.717) is 35.9 Å². The van der Waals surface area contributed by atoms with Crippen molar-refractivity contribution in [3.05, 3.63) is 52.1 Å². The lowest BCUT2D eigenvalue weighted by atomic mass is 9.82. The molecule has 0 amide bonds. The molecule has 30 heavy (non-hydrogen) atoms. The number of hydrogen-bond acceptors (Lipinski definition) is 7. The number of benzene rings is 2. The second kappa shape index (κ2) is 11.2. The molecule has 3 rings (SSSR count). The van der Waals surface area contributed by atoms with E-state index in [4.69, 9.17) is 19.9 Å². The number of halogens is 2. The molecule has 0 aromatic heterocycles. The van der Waals surface area contributed by atoms with Crippen LogP contribution in [0.4, 0.5) is 0 Å². The van der Waals surface area contributed by atoms with E-state index in [1.54, 1.807) is 24.3 Å². The van der Waals surface area contributed by atoms with Gasteiger partial charge in [0, 0.05) is 23.7 Å². The topological polar surface area (TPSA) is 99.9 Å². The minimum atomic E-state index is -0.302. The Kier molecular flexibility index (Phi) is 9.58. The molecule has 0 spiro atoms. The number of fused-ring (bicyclic) bond motifs is 2. The van der Waals surface area contributed by atoms with Crippen LogP contribution in [0.15, 0.2) is 24.3 Å². The Bertz CT molecular complexity index is 934. The summed E-state index contributed by atoms with van der Waals surface area (Å²) >= 11 is 0. The summed E-state index contributed by atoms with van der Waals surface area (Å²) < 4.78 is 16.0. The first kappa shape index (κ1) is 25.7. The van der Waals surface area contributed by atoms with Crippen LogP contribution in [0.5, 0.6) is 17.2 Å². The van der Waals surface area contributed by atoms with Gasteiger partial charge in [-0.05, 0) is 43.3 Å². The number of carbonyl (C=O) groups excluding carboxylic acids is 2. The van der Waals surface area contributed by atoms with Crippen LogP contribution in [-0.2, 0) is 6.54 Å². The van der Waals surface area contributed by atoms with E-state index in [1.807, 2.05) is 0 Å². The zero-order valence-electron chi connectivity index (χ0n) is 17.1. The SMILES string of the molecule is COc1cc(OC)c2c(c1)C(=O)c1cc(CNCCCN)cc(OC)c1C2=O.Cl.Cl. The van der Waals surface area contributed by atoms with Gasteiger partial charge in [0.1, 0.15) is 17.2 Å². The number of methoxy groups -OCH3 is 3. The number of ketones is 2. The first-order valence-corrected chi connectivity index (χ1v) is 9.02. The van der Waals surface area contributed by atoms with E-state index in [-0.39, 0.29) is 53.1 Å². The summed E-state index contributed by atoms with van der Waals surface area (Å²) in [7, 11) is 4.44. The second-order valence-electron chi connectivity index (χ2n) is 6.45. The highest BCUT2D eigenvalue weighted by molar-refractivity contribution is 6.30. The summed E-state index contributed by atoms with van der Waals surface area (Å²) in [6, 6.07) is 6.68. The maximum atomic E-state index is 13.2. The van der Waals surface area contributed by atoms with Crippen LogP contribution < -0.4 is 25.3 Å². The molecule has 3 N–H and O–H groups in total. The minimum absolute atomic E-state index is 0. The molecule has 0 radical (unpaired) electrons. The average Bonchev–Trinajstić information content (AvgIpc) is 2.73. The maximum absolute atomic E-state index is 13.2. The predicted octanol–water partition coefficient (Wildman–Crippen LogP) is 2.77. The zero-order chi connectivity index (χ0) is 20.3. The van der Waals surface area contributed by atoms with Gasteiger partial charge >= 0.3 is 0 Å². The normalized spacial score (nSPS) is 11.6. The van der Waals surface area contributed by atoms with Crippen molar-refractivity contribution in [1.29, 1.82) is 0 Å². The number of ether oxygens (including phenoxy) is 3. The molecule has 0 saturated heterocycles. The molecule has 0 heterocycles. The minimum Gasteiger partial charge on any atom is -0.497 e. The van der Waals surface area contributed by atoms with Crippen molar-refractivity contribution < 1.29 is 23.8 Å². The lowest BCUT2D eigenvalue weighted by Gasteiger charge is -2.23. The molecule has 0 aliphatic heterocycles. The van der Waals surface area contributed by atoms with E-state index in [9.17, 15) is 9.59 Å². The van der Waals surface area contributed by atoms with Crippen molar-refractivity contribution in [2.75, 3.05) is 34.4 Å². The first-order valence-electron chi connectivity index (χ1n) is 9.02. The van der Waals surface area contributed by atoms with Crippen molar-refractivity contribution in [1.82, 2.24) is 5.32 Å². The molecule has 0 unspecified atom stereocenters. The van der Waals surface area contributed by atoms with Gasteiger partial charge in [-0.1, -0.05) is 0 Å². The van der Waals surface area contributed by atoms with Crippen LogP contribution in [0.2, 0.25) is 0 Å². The Morgan fingerprint density at radius 2 is 1.43 bits per heavy atom. The molecule has 1 aliphatic rings. The van der Waals surface area contributed by atoms with E-state index in [2.05, 4.69) is 5.32 Å². The summed E-state index contributed by atoms with van der Waals surface area (Å²) in [6.07, 6.45) is 0.854. The van der Waals surface area contributed by atoms with Gasteiger partial charge in [0.05, 0.1) is 32.5 Å². The Balaban J connectivity index is 0.00000225. The molecule has 164 valence electrons. The second-order valence-corrected chi connectivity index (χ2v) is 6.45. The van der Waals surface area contributed by atoms with Gasteiger partial charge in [0.2, 0.25) is 5.78 Å². The van der Waals surface area contributed by atoms with Crippen molar-refractivity contribution in [3.8, 4) is 17.2 Å². The maximum Gasteiger partial charge on any atom is 0.201 e. The Morgan fingerprint density at radius 1 is 0.833 bits per heavy atom. The Morgan fingerprint density at radius 3 is 2.00 bits per heavy atom. The van der Waals surface area contributed by atoms with Crippen molar-refractivity contribution in [2.45, 2.75) is 13.0 Å². The summed E-state index contributed by atoms with van der Waals surface area (Å²) in [6.45, 7) is 1.91. The third-order valence-corrected chi connectivity index (χ3v) is 4.74. The number of nitrogens with two attached hydrogens (primary N) is 1. The van der Waals surface area contributed by atoms with Gasteiger partial charge in [-0.3, -0.25) is 9.59 Å². The molecule has 0 fully saturated rings. The van der Waals surface area contributed by atoms with Gasteiger partial charge in [0.25, 0.3) is 0 Å². The summed E-state index contributed by atoms with van der Waals surface area (Å²) in [5.74, 6) is 0.558. The lowest BCUT2D eigenvalue weighted by Crippen LogP contribution is -2.24. The molecule has 1 aliphatic carbocycles. The number of rotatable bonds is 8. The van der Waals surface area contributed by atoms with Gasteiger partial charge < -0.3 is 25.3 Å². The first-order chi connectivity index (χ1) is 13.5. The zero-order valence-corrected chi connectivity index (χ0v) is 18.7. The highest BCUT2D eigenvalue weighted by Crippen LogP contribution is 2.40. The van der Waals surface area contributed by atoms with Gasteiger partial charge in [0.15, 0.2) is 5.78 Å². The highest BCUT2D eigenvalue weighted by Gasteiger charge is 2.36. The standard InChI is InChI=1S/C21H24N2O5.2ClH/c1-26-13-9-15-19(17(10-13)28-3)21(25)18-14(20(15)24)7-12(8-16(18)27-2)11-23-6-4-5-22;;/h7-10,23H,4-6,11,22H2,1-3H3;2*1H. The third-order valence-electron chi connectivity index (χ3n) is 4.74. The molecule has 0 atom stereocenters. The van der Waals surface area contributed by atoms with Crippen molar-refractivity contribution in [3.63, 3.8) is 0 Å². The van der Waals surface area contributed by atoms with Crippen molar-refractivity contribution >= 4 is 36.4 Å². The van der Waals surface area contributed by atoms with Gasteiger partial charge in [-0.25, -0.2) is 0 Å². The van der Waals surface area contributed by atoms with E-state index < -0.39 is 0 Å². The van der Waals surface area contributed by atoms with Gasteiger partial charge in [-0.2, -0.15) is 0 Å². The average molecular weight is 457 g/mol. The van der Waals surface area contributed by atoms with Crippen LogP contribution in [0.1, 0.15) is 43.8 Å². The van der Waals surface area contributed by atoms with E-state index in [0.717, 1.165) is 18.5 Å². The fraction of sp³-hybridized carbons (Fsp3) is 0.333. The molecule has 9 heteroatoms. The third kappa shape index (κ3) is 4.70. The summed E-state index contributed by atoms with van der Waals surface area (Å²) in [5, 5.41) is 3.27. The monoisotopic (exact) mass is 456 g/mol. The Hall–Kier alpha value is -2.32. The molecule has 2 aromatic carbocycles. The van der Waals surface area contributed by atoms with Crippen LogP contribution in [0, 0.1) is 0 Å². The molecular weight excluding hydrogens is 431 g/mol.